The van der Waals surface area contributed by atoms with Gasteiger partial charge < -0.3 is 20.3 Å². The first-order chi connectivity index (χ1) is 10.7. The number of hydrogen-bond donors (Lipinski definition) is 3. The van der Waals surface area contributed by atoms with Crippen molar-refractivity contribution in [3.63, 3.8) is 0 Å². The quantitative estimate of drug-likeness (QED) is 0.664. The van der Waals surface area contributed by atoms with E-state index in [9.17, 15) is 9.90 Å². The standard InChI is InChI=1S/C15H27N5O2/c1-3-11(4-2)12(21)10-17-15(22)16-8-7-14-19-18-13-6-5-9-20(13)14/h11-12,21H,3-10H2,1-2H3,(H2,16,17,22). The third-order valence-corrected chi connectivity index (χ3v) is 4.38. The van der Waals surface area contributed by atoms with Crippen LogP contribution in [0.1, 0.15) is 44.8 Å². The topological polar surface area (TPSA) is 92.1 Å². The molecule has 0 fully saturated rings. The number of aromatic nitrogens is 3. The highest BCUT2D eigenvalue weighted by atomic mass is 16.3. The lowest BCUT2D eigenvalue weighted by atomic mass is 9.97. The average Bonchev–Trinajstić information content (AvgIpc) is 3.11. The molecule has 0 aromatic carbocycles. The maximum atomic E-state index is 11.7. The summed E-state index contributed by atoms with van der Waals surface area (Å²) in [7, 11) is 0. The first kappa shape index (κ1) is 16.7. The van der Waals surface area contributed by atoms with Crippen molar-refractivity contribution >= 4 is 6.03 Å². The third kappa shape index (κ3) is 4.19. The molecule has 1 atom stereocenters. The monoisotopic (exact) mass is 309 g/mol. The highest BCUT2D eigenvalue weighted by Gasteiger charge is 2.18. The number of carbonyl (C=O) groups excluding carboxylic acids is 1. The highest BCUT2D eigenvalue weighted by Crippen LogP contribution is 2.14. The first-order valence-electron chi connectivity index (χ1n) is 8.26. The predicted octanol–water partition coefficient (Wildman–Crippen LogP) is 0.863. The zero-order valence-electron chi connectivity index (χ0n) is 13.5. The SMILES string of the molecule is CCC(CC)C(O)CNC(=O)NCCc1nnc2n1CCC2. The van der Waals surface area contributed by atoms with Crippen molar-refractivity contribution in [1.82, 2.24) is 25.4 Å². The van der Waals surface area contributed by atoms with Gasteiger partial charge in [-0.2, -0.15) is 0 Å². The summed E-state index contributed by atoms with van der Waals surface area (Å²) < 4.78 is 2.14. The van der Waals surface area contributed by atoms with Gasteiger partial charge in [0, 0.05) is 32.5 Å². The van der Waals surface area contributed by atoms with E-state index in [1.807, 2.05) is 0 Å². The summed E-state index contributed by atoms with van der Waals surface area (Å²) >= 11 is 0. The molecular formula is C15H27N5O2. The Morgan fingerprint density at radius 3 is 2.82 bits per heavy atom. The van der Waals surface area contributed by atoms with Crippen LogP contribution < -0.4 is 10.6 Å². The molecule has 0 saturated carbocycles. The number of amides is 2. The minimum atomic E-state index is -0.486. The Morgan fingerprint density at radius 2 is 2.09 bits per heavy atom. The summed E-state index contributed by atoms with van der Waals surface area (Å²) in [6.07, 6.45) is 4.14. The van der Waals surface area contributed by atoms with Crippen molar-refractivity contribution in [3.8, 4) is 0 Å². The number of aryl methyl sites for hydroxylation is 1. The molecule has 22 heavy (non-hydrogen) atoms. The molecule has 0 aliphatic carbocycles. The highest BCUT2D eigenvalue weighted by molar-refractivity contribution is 5.73. The van der Waals surface area contributed by atoms with E-state index in [0.29, 0.717) is 19.5 Å². The van der Waals surface area contributed by atoms with E-state index in [0.717, 1.165) is 43.9 Å². The van der Waals surface area contributed by atoms with Gasteiger partial charge in [0.2, 0.25) is 0 Å². The fourth-order valence-electron chi connectivity index (χ4n) is 2.94. The summed E-state index contributed by atoms with van der Waals surface area (Å²) in [6, 6.07) is -0.244. The molecule has 124 valence electrons. The number of nitrogens with zero attached hydrogens (tertiary/aromatic N) is 3. The fourth-order valence-corrected chi connectivity index (χ4v) is 2.94. The van der Waals surface area contributed by atoms with Gasteiger partial charge in [0.15, 0.2) is 0 Å². The van der Waals surface area contributed by atoms with E-state index < -0.39 is 6.10 Å². The van der Waals surface area contributed by atoms with Gasteiger partial charge >= 0.3 is 6.03 Å². The third-order valence-electron chi connectivity index (χ3n) is 4.38. The van der Waals surface area contributed by atoms with E-state index in [4.69, 9.17) is 0 Å². The molecule has 0 spiro atoms. The van der Waals surface area contributed by atoms with Crippen LogP contribution in [0.4, 0.5) is 4.79 Å². The Morgan fingerprint density at radius 1 is 1.32 bits per heavy atom. The van der Waals surface area contributed by atoms with Gasteiger partial charge in [-0.1, -0.05) is 26.7 Å². The van der Waals surface area contributed by atoms with E-state index in [1.165, 1.54) is 0 Å². The molecule has 1 aliphatic heterocycles. The number of fused-ring (bicyclic) bond motifs is 1. The molecule has 1 aromatic rings. The molecule has 2 rings (SSSR count). The zero-order valence-corrected chi connectivity index (χ0v) is 13.5. The summed E-state index contributed by atoms with van der Waals surface area (Å²) in [4.78, 5) is 11.7. The lowest BCUT2D eigenvalue weighted by Gasteiger charge is -2.20. The van der Waals surface area contributed by atoms with Crippen LogP contribution >= 0.6 is 0 Å². The second-order valence-corrected chi connectivity index (χ2v) is 5.82. The summed E-state index contributed by atoms with van der Waals surface area (Å²) in [5.41, 5.74) is 0. The van der Waals surface area contributed by atoms with E-state index in [-0.39, 0.29) is 11.9 Å². The molecule has 1 aromatic heterocycles. The minimum Gasteiger partial charge on any atom is -0.391 e. The van der Waals surface area contributed by atoms with E-state index >= 15 is 0 Å². The maximum absolute atomic E-state index is 11.7. The van der Waals surface area contributed by atoms with E-state index in [2.05, 4.69) is 39.2 Å². The first-order valence-corrected chi connectivity index (χ1v) is 8.26. The van der Waals surface area contributed by atoms with Gasteiger partial charge in [0.25, 0.3) is 0 Å². The second-order valence-electron chi connectivity index (χ2n) is 5.82. The summed E-state index contributed by atoms with van der Waals surface area (Å²) in [6.45, 7) is 5.89. The molecule has 2 heterocycles. The van der Waals surface area contributed by atoms with Crippen molar-refractivity contribution in [2.75, 3.05) is 13.1 Å². The lowest BCUT2D eigenvalue weighted by Crippen LogP contribution is -2.42. The zero-order chi connectivity index (χ0) is 15.9. The largest absolute Gasteiger partial charge is 0.391 e. The normalized spacial score (nSPS) is 14.9. The summed E-state index contributed by atoms with van der Waals surface area (Å²) in [5, 5.41) is 23.8. The molecule has 0 radical (unpaired) electrons. The number of aliphatic hydroxyl groups excluding tert-OH is 1. The van der Waals surface area contributed by atoms with Gasteiger partial charge in [-0.25, -0.2) is 4.79 Å². The van der Waals surface area contributed by atoms with Crippen LogP contribution in [0.2, 0.25) is 0 Å². The van der Waals surface area contributed by atoms with Crippen molar-refractivity contribution in [3.05, 3.63) is 11.6 Å². The van der Waals surface area contributed by atoms with Gasteiger partial charge in [-0.3, -0.25) is 0 Å². The number of nitrogens with one attached hydrogen (secondary N) is 2. The van der Waals surface area contributed by atoms with Crippen LogP contribution in [0, 0.1) is 5.92 Å². The second kappa shape index (κ2) is 8.12. The van der Waals surface area contributed by atoms with Gasteiger partial charge in [-0.05, 0) is 12.3 Å². The molecule has 2 amide bonds. The molecular weight excluding hydrogens is 282 g/mol. The summed E-state index contributed by atoms with van der Waals surface area (Å²) in [5.74, 6) is 2.22. The van der Waals surface area contributed by atoms with Crippen LogP contribution in [-0.4, -0.2) is 45.1 Å². The molecule has 3 N–H and O–H groups in total. The fraction of sp³-hybridized carbons (Fsp3) is 0.800. The molecule has 1 unspecified atom stereocenters. The molecule has 0 saturated heterocycles. The van der Waals surface area contributed by atoms with Gasteiger partial charge in [0.05, 0.1) is 6.10 Å². The van der Waals surface area contributed by atoms with Crippen LogP contribution in [0.3, 0.4) is 0 Å². The number of aliphatic hydroxyl groups is 1. The lowest BCUT2D eigenvalue weighted by molar-refractivity contribution is 0.103. The van der Waals surface area contributed by atoms with Gasteiger partial charge in [0.1, 0.15) is 11.6 Å². The van der Waals surface area contributed by atoms with Gasteiger partial charge in [-0.15, -0.1) is 10.2 Å². The maximum Gasteiger partial charge on any atom is 0.314 e. The van der Waals surface area contributed by atoms with Crippen molar-refractivity contribution in [2.24, 2.45) is 5.92 Å². The molecule has 7 nitrogen and oxygen atoms in total. The van der Waals surface area contributed by atoms with Crippen molar-refractivity contribution in [2.45, 2.75) is 58.6 Å². The number of hydrogen-bond acceptors (Lipinski definition) is 4. The Balaban J connectivity index is 1.65. The van der Waals surface area contributed by atoms with Crippen LogP contribution in [0.5, 0.6) is 0 Å². The number of rotatable bonds is 8. The van der Waals surface area contributed by atoms with Crippen LogP contribution in [-0.2, 0) is 19.4 Å². The van der Waals surface area contributed by atoms with Crippen molar-refractivity contribution < 1.29 is 9.90 Å². The van der Waals surface area contributed by atoms with Crippen LogP contribution in [0.15, 0.2) is 0 Å². The Bertz CT molecular complexity index is 484. The molecule has 1 aliphatic rings. The Labute approximate surface area is 131 Å². The smallest absolute Gasteiger partial charge is 0.314 e. The van der Waals surface area contributed by atoms with Crippen molar-refractivity contribution in [1.29, 1.82) is 0 Å². The Kier molecular flexibility index (Phi) is 6.18. The van der Waals surface area contributed by atoms with E-state index in [1.54, 1.807) is 0 Å². The molecule has 7 heteroatoms. The number of urea groups is 1. The predicted molar refractivity (Wildman–Crippen MR) is 83.5 cm³/mol. The Hall–Kier alpha value is -1.63. The minimum absolute atomic E-state index is 0.235. The number of carbonyl (C=O) groups is 1. The average molecular weight is 309 g/mol. The van der Waals surface area contributed by atoms with Crippen LogP contribution in [0.25, 0.3) is 0 Å². The molecule has 0 bridgehead atoms.